The van der Waals surface area contributed by atoms with Crippen molar-refractivity contribution in [1.29, 1.82) is 0 Å². The van der Waals surface area contributed by atoms with E-state index in [1.807, 2.05) is 12.4 Å². The number of rotatable bonds is 1. The zero-order valence-electron chi connectivity index (χ0n) is 11.1. The molecule has 4 nitrogen and oxygen atoms in total. The van der Waals surface area contributed by atoms with Gasteiger partial charge in [-0.15, -0.1) is 0 Å². The van der Waals surface area contributed by atoms with Crippen molar-refractivity contribution < 1.29 is 0 Å². The van der Waals surface area contributed by atoms with Gasteiger partial charge in [-0.25, -0.2) is 9.97 Å². The lowest BCUT2D eigenvalue weighted by molar-refractivity contribution is 0.239. The molecule has 1 aliphatic rings. The second-order valence-electron chi connectivity index (χ2n) is 5.92. The molecule has 4 heteroatoms. The summed E-state index contributed by atoms with van der Waals surface area (Å²) in [6.45, 7) is 11.1. The van der Waals surface area contributed by atoms with Crippen LogP contribution in [0.1, 0.15) is 27.7 Å². The van der Waals surface area contributed by atoms with Crippen molar-refractivity contribution in [2.75, 3.05) is 18.0 Å². The van der Waals surface area contributed by atoms with E-state index in [1.165, 1.54) is 0 Å². The average Bonchev–Trinajstić information content (AvgIpc) is 2.29. The first-order valence-corrected chi connectivity index (χ1v) is 6.23. The van der Waals surface area contributed by atoms with Gasteiger partial charge in [-0.3, -0.25) is 0 Å². The van der Waals surface area contributed by atoms with Gasteiger partial charge in [0.1, 0.15) is 6.33 Å². The summed E-state index contributed by atoms with van der Waals surface area (Å²) in [7, 11) is 0. The third kappa shape index (κ3) is 2.75. The summed E-state index contributed by atoms with van der Waals surface area (Å²) >= 11 is 0. The van der Waals surface area contributed by atoms with E-state index in [9.17, 15) is 0 Å². The SMILES string of the molecule is CC1CNC(C(C)(C)C)CN1c1cncnc1. The van der Waals surface area contributed by atoms with Crippen LogP contribution in [0.3, 0.4) is 0 Å². The molecule has 1 aromatic heterocycles. The first-order chi connectivity index (χ1) is 7.98. The maximum Gasteiger partial charge on any atom is 0.115 e. The predicted molar refractivity (Wildman–Crippen MR) is 70.1 cm³/mol. The van der Waals surface area contributed by atoms with Gasteiger partial charge in [0.05, 0.1) is 18.1 Å². The third-order valence-corrected chi connectivity index (χ3v) is 3.49. The summed E-state index contributed by atoms with van der Waals surface area (Å²) in [6, 6.07) is 0.985. The Labute approximate surface area is 103 Å². The molecule has 17 heavy (non-hydrogen) atoms. The number of piperazine rings is 1. The van der Waals surface area contributed by atoms with Gasteiger partial charge in [-0.05, 0) is 12.3 Å². The molecule has 1 saturated heterocycles. The maximum absolute atomic E-state index is 4.11. The van der Waals surface area contributed by atoms with Gasteiger partial charge in [0.25, 0.3) is 0 Å². The second-order valence-corrected chi connectivity index (χ2v) is 5.92. The Balaban J connectivity index is 2.16. The largest absolute Gasteiger partial charge is 0.363 e. The zero-order chi connectivity index (χ0) is 12.5. The van der Waals surface area contributed by atoms with Gasteiger partial charge < -0.3 is 10.2 Å². The van der Waals surface area contributed by atoms with Crippen molar-refractivity contribution in [3.05, 3.63) is 18.7 Å². The minimum atomic E-state index is 0.272. The molecule has 0 aliphatic carbocycles. The molecular weight excluding hydrogens is 212 g/mol. The Hall–Kier alpha value is -1.16. The summed E-state index contributed by atoms with van der Waals surface area (Å²) in [5, 5.41) is 3.63. The van der Waals surface area contributed by atoms with Gasteiger partial charge in [0.15, 0.2) is 0 Å². The first kappa shape index (κ1) is 12.3. The standard InChI is InChI=1S/C13H22N4/c1-10-5-16-12(13(2,3)4)8-17(10)11-6-14-9-15-7-11/h6-7,9-10,12,16H,5,8H2,1-4H3. The lowest BCUT2D eigenvalue weighted by atomic mass is 9.84. The molecule has 0 bridgehead atoms. The lowest BCUT2D eigenvalue weighted by Crippen LogP contribution is -2.59. The highest BCUT2D eigenvalue weighted by molar-refractivity contribution is 5.43. The molecule has 2 rings (SSSR count). The Bertz CT molecular complexity index is 357. The molecule has 0 radical (unpaired) electrons. The fraction of sp³-hybridized carbons (Fsp3) is 0.692. The molecule has 1 fully saturated rings. The molecule has 2 heterocycles. The van der Waals surface area contributed by atoms with Crippen molar-refractivity contribution in [3.8, 4) is 0 Å². The van der Waals surface area contributed by atoms with Crippen LogP contribution in [0.25, 0.3) is 0 Å². The van der Waals surface area contributed by atoms with Gasteiger partial charge in [-0.1, -0.05) is 20.8 Å². The van der Waals surface area contributed by atoms with Crippen LogP contribution in [0.4, 0.5) is 5.69 Å². The van der Waals surface area contributed by atoms with Crippen molar-refractivity contribution in [2.45, 2.75) is 39.8 Å². The number of anilines is 1. The van der Waals surface area contributed by atoms with E-state index in [2.05, 4.69) is 47.9 Å². The van der Waals surface area contributed by atoms with Crippen LogP contribution in [0.2, 0.25) is 0 Å². The highest BCUT2D eigenvalue weighted by Crippen LogP contribution is 2.26. The fourth-order valence-electron chi connectivity index (χ4n) is 2.24. The quantitative estimate of drug-likeness (QED) is 0.803. The third-order valence-electron chi connectivity index (χ3n) is 3.49. The summed E-state index contributed by atoms with van der Waals surface area (Å²) in [5.74, 6) is 0. The topological polar surface area (TPSA) is 41.0 Å². The smallest absolute Gasteiger partial charge is 0.115 e. The molecule has 2 atom stereocenters. The molecule has 1 aliphatic heterocycles. The Morgan fingerprint density at radius 2 is 1.94 bits per heavy atom. The van der Waals surface area contributed by atoms with E-state index in [-0.39, 0.29) is 5.41 Å². The van der Waals surface area contributed by atoms with Gasteiger partial charge in [-0.2, -0.15) is 0 Å². The van der Waals surface area contributed by atoms with E-state index in [1.54, 1.807) is 6.33 Å². The summed E-state index contributed by atoms with van der Waals surface area (Å²) in [4.78, 5) is 10.6. The van der Waals surface area contributed by atoms with E-state index in [0.717, 1.165) is 18.8 Å². The predicted octanol–water partition coefficient (Wildman–Crippen LogP) is 1.69. The molecule has 0 spiro atoms. The van der Waals surface area contributed by atoms with Crippen molar-refractivity contribution in [2.24, 2.45) is 5.41 Å². The Kier molecular flexibility index (Phi) is 3.33. The minimum absolute atomic E-state index is 0.272. The number of nitrogens with zero attached hydrogens (tertiary/aromatic N) is 3. The van der Waals surface area contributed by atoms with E-state index >= 15 is 0 Å². The Morgan fingerprint density at radius 1 is 1.29 bits per heavy atom. The number of nitrogens with one attached hydrogen (secondary N) is 1. The van der Waals surface area contributed by atoms with Crippen LogP contribution in [0, 0.1) is 5.41 Å². The van der Waals surface area contributed by atoms with Crippen LogP contribution in [-0.2, 0) is 0 Å². The maximum atomic E-state index is 4.11. The zero-order valence-corrected chi connectivity index (χ0v) is 11.1. The number of hydrogen-bond acceptors (Lipinski definition) is 4. The lowest BCUT2D eigenvalue weighted by Gasteiger charge is -2.44. The second kappa shape index (κ2) is 4.61. The van der Waals surface area contributed by atoms with Gasteiger partial charge in [0, 0.05) is 25.2 Å². The molecular formula is C13H22N4. The van der Waals surface area contributed by atoms with Crippen molar-refractivity contribution in [1.82, 2.24) is 15.3 Å². The van der Waals surface area contributed by atoms with Crippen LogP contribution in [0.15, 0.2) is 18.7 Å². The van der Waals surface area contributed by atoms with E-state index in [4.69, 9.17) is 0 Å². The minimum Gasteiger partial charge on any atom is -0.363 e. The highest BCUT2D eigenvalue weighted by atomic mass is 15.2. The molecule has 0 aromatic carbocycles. The highest BCUT2D eigenvalue weighted by Gasteiger charge is 2.32. The first-order valence-electron chi connectivity index (χ1n) is 6.23. The monoisotopic (exact) mass is 234 g/mol. The normalized spacial score (nSPS) is 26.0. The van der Waals surface area contributed by atoms with Crippen LogP contribution in [0.5, 0.6) is 0 Å². The number of hydrogen-bond donors (Lipinski definition) is 1. The summed E-state index contributed by atoms with van der Waals surface area (Å²) in [5.41, 5.74) is 1.39. The average molecular weight is 234 g/mol. The molecule has 94 valence electrons. The molecule has 0 amide bonds. The summed E-state index contributed by atoms with van der Waals surface area (Å²) < 4.78 is 0. The molecule has 1 aromatic rings. The summed E-state index contributed by atoms with van der Waals surface area (Å²) in [6.07, 6.45) is 5.38. The van der Waals surface area contributed by atoms with Crippen molar-refractivity contribution >= 4 is 5.69 Å². The molecule has 1 N–H and O–H groups in total. The Morgan fingerprint density at radius 3 is 2.53 bits per heavy atom. The van der Waals surface area contributed by atoms with Crippen molar-refractivity contribution in [3.63, 3.8) is 0 Å². The fourth-order valence-corrected chi connectivity index (χ4v) is 2.24. The van der Waals surface area contributed by atoms with Gasteiger partial charge >= 0.3 is 0 Å². The van der Waals surface area contributed by atoms with Gasteiger partial charge in [0.2, 0.25) is 0 Å². The molecule has 2 unspecified atom stereocenters. The van der Waals surface area contributed by atoms with E-state index in [0.29, 0.717) is 12.1 Å². The van der Waals surface area contributed by atoms with Crippen LogP contribution in [-0.4, -0.2) is 35.1 Å². The van der Waals surface area contributed by atoms with Crippen LogP contribution < -0.4 is 10.2 Å². The number of aromatic nitrogens is 2. The van der Waals surface area contributed by atoms with Crippen LogP contribution >= 0.6 is 0 Å². The molecule has 0 saturated carbocycles. The van der Waals surface area contributed by atoms with E-state index < -0.39 is 0 Å².